The highest BCUT2D eigenvalue weighted by atomic mass is 35.5. The maximum absolute atomic E-state index is 11.5. The predicted octanol–water partition coefficient (Wildman–Crippen LogP) is 4.21. The van der Waals surface area contributed by atoms with E-state index in [2.05, 4.69) is 6.92 Å². The number of hydrogen-bond donors (Lipinski definition) is 0. The summed E-state index contributed by atoms with van der Waals surface area (Å²) in [5.41, 5.74) is -1.21. The minimum atomic E-state index is -1.21. The molecular weight excluding hydrogens is 252 g/mol. The van der Waals surface area contributed by atoms with Crippen LogP contribution in [0.4, 0.5) is 0 Å². The number of rotatable bonds is 10. The van der Waals surface area contributed by atoms with Crippen molar-refractivity contribution in [3.05, 3.63) is 0 Å². The van der Waals surface area contributed by atoms with Crippen molar-refractivity contribution in [2.45, 2.75) is 77.7 Å². The second-order valence-electron chi connectivity index (χ2n) is 5.13. The van der Waals surface area contributed by atoms with Gasteiger partial charge in [0.15, 0.2) is 5.60 Å². The van der Waals surface area contributed by atoms with Gasteiger partial charge >= 0.3 is 5.97 Å². The molecule has 0 aromatic rings. The van der Waals surface area contributed by atoms with Crippen LogP contribution in [0.2, 0.25) is 0 Å². The van der Waals surface area contributed by atoms with Crippen LogP contribution in [0.1, 0.15) is 72.1 Å². The average molecular weight is 277 g/mol. The third-order valence-corrected chi connectivity index (χ3v) is 3.28. The van der Waals surface area contributed by atoms with Gasteiger partial charge in [-0.05, 0) is 31.9 Å². The summed E-state index contributed by atoms with van der Waals surface area (Å²) in [6.45, 7) is 5.20. The molecule has 0 aliphatic carbocycles. The van der Waals surface area contributed by atoms with Crippen LogP contribution >= 0.6 is 11.6 Å². The van der Waals surface area contributed by atoms with Crippen molar-refractivity contribution < 1.29 is 14.3 Å². The van der Waals surface area contributed by atoms with Crippen molar-refractivity contribution in [1.82, 2.24) is 0 Å². The first-order chi connectivity index (χ1) is 8.40. The Bertz CT molecular complexity index is 262. The zero-order chi connectivity index (χ0) is 14.0. The largest absolute Gasteiger partial charge is 0.450 e. The van der Waals surface area contributed by atoms with Crippen molar-refractivity contribution in [1.29, 1.82) is 0 Å². The van der Waals surface area contributed by atoms with E-state index in [9.17, 15) is 9.59 Å². The van der Waals surface area contributed by atoms with Crippen LogP contribution in [-0.2, 0) is 14.3 Å². The Morgan fingerprint density at radius 3 is 2.00 bits per heavy atom. The summed E-state index contributed by atoms with van der Waals surface area (Å²) in [5.74, 6) is -0.345. The highest BCUT2D eigenvalue weighted by Gasteiger charge is 2.29. The molecule has 3 nitrogen and oxygen atoms in total. The molecule has 0 bridgehead atoms. The summed E-state index contributed by atoms with van der Waals surface area (Å²) < 4.78 is 5.02. The van der Waals surface area contributed by atoms with E-state index >= 15 is 0 Å². The fraction of sp³-hybridized carbons (Fsp3) is 0.857. The van der Waals surface area contributed by atoms with Gasteiger partial charge in [0.1, 0.15) is 0 Å². The van der Waals surface area contributed by atoms with Crippen LogP contribution in [0, 0.1) is 0 Å². The normalized spacial score (nSPS) is 11.3. The van der Waals surface area contributed by atoms with Crippen LogP contribution < -0.4 is 0 Å². The number of hydrogen-bond acceptors (Lipinski definition) is 3. The van der Waals surface area contributed by atoms with E-state index in [0.717, 1.165) is 19.3 Å². The molecular formula is C14H25ClO3. The molecule has 0 saturated heterocycles. The second kappa shape index (κ2) is 9.37. The summed E-state index contributed by atoms with van der Waals surface area (Å²) in [5, 5.41) is -0.643. The van der Waals surface area contributed by atoms with Gasteiger partial charge in [0.05, 0.1) is 0 Å². The summed E-state index contributed by atoms with van der Waals surface area (Å²) >= 11 is 5.33. The average Bonchev–Trinajstić information content (AvgIpc) is 2.27. The van der Waals surface area contributed by atoms with E-state index < -0.39 is 10.8 Å². The molecule has 18 heavy (non-hydrogen) atoms. The van der Waals surface area contributed by atoms with Gasteiger partial charge in [-0.2, -0.15) is 0 Å². The van der Waals surface area contributed by atoms with Crippen molar-refractivity contribution in [2.75, 3.05) is 0 Å². The quantitative estimate of drug-likeness (QED) is 0.341. The lowest BCUT2D eigenvalue weighted by atomic mass is 10.1. The second-order valence-corrected chi connectivity index (χ2v) is 5.47. The maximum Gasteiger partial charge on any atom is 0.306 e. The first-order valence-corrected chi connectivity index (χ1v) is 7.19. The van der Waals surface area contributed by atoms with Crippen LogP contribution in [0.3, 0.4) is 0 Å². The number of halogens is 1. The molecule has 0 atom stereocenters. The van der Waals surface area contributed by atoms with Crippen molar-refractivity contribution >= 4 is 22.8 Å². The van der Waals surface area contributed by atoms with E-state index in [0.29, 0.717) is 6.42 Å². The lowest BCUT2D eigenvalue weighted by Crippen LogP contribution is -2.34. The smallest absolute Gasteiger partial charge is 0.306 e. The monoisotopic (exact) mass is 276 g/mol. The van der Waals surface area contributed by atoms with Gasteiger partial charge < -0.3 is 4.74 Å². The van der Waals surface area contributed by atoms with Crippen LogP contribution in [0.5, 0.6) is 0 Å². The highest BCUT2D eigenvalue weighted by Crippen LogP contribution is 2.15. The van der Waals surface area contributed by atoms with E-state index in [1.54, 1.807) is 0 Å². The molecule has 0 aliphatic heterocycles. The molecule has 0 amide bonds. The van der Waals surface area contributed by atoms with Crippen molar-refractivity contribution in [3.8, 4) is 0 Å². The Kier molecular flexibility index (Phi) is 9.08. The Balaban J connectivity index is 3.57. The van der Waals surface area contributed by atoms with Crippen LogP contribution in [0.25, 0.3) is 0 Å². The topological polar surface area (TPSA) is 43.4 Å². The van der Waals surface area contributed by atoms with Crippen LogP contribution in [-0.4, -0.2) is 16.8 Å². The molecule has 0 aliphatic rings. The standard InChI is InChI=1S/C14H25ClO3/c1-4-5-6-7-8-9-10-11-12(16)18-14(2,3)13(15)17/h4-11H2,1-3H3. The number of unbranched alkanes of at least 4 members (excludes halogenated alkanes) is 6. The maximum atomic E-state index is 11.5. The fourth-order valence-electron chi connectivity index (χ4n) is 1.60. The third-order valence-electron chi connectivity index (χ3n) is 2.83. The first-order valence-electron chi connectivity index (χ1n) is 6.82. The van der Waals surface area contributed by atoms with Gasteiger partial charge in [-0.15, -0.1) is 0 Å². The zero-order valence-electron chi connectivity index (χ0n) is 11.8. The van der Waals surface area contributed by atoms with Gasteiger partial charge in [-0.3, -0.25) is 9.59 Å². The minimum absolute atomic E-state index is 0.345. The molecule has 0 aromatic heterocycles. The van der Waals surface area contributed by atoms with E-state index in [1.807, 2.05) is 0 Å². The minimum Gasteiger partial charge on any atom is -0.450 e. The predicted molar refractivity (Wildman–Crippen MR) is 73.6 cm³/mol. The Hall–Kier alpha value is -0.570. The van der Waals surface area contributed by atoms with Gasteiger partial charge in [-0.1, -0.05) is 45.4 Å². The molecule has 0 unspecified atom stereocenters. The fourth-order valence-corrected chi connectivity index (χ4v) is 1.64. The molecule has 106 valence electrons. The van der Waals surface area contributed by atoms with Gasteiger partial charge in [0.25, 0.3) is 5.24 Å². The molecule has 0 spiro atoms. The number of ether oxygens (including phenoxy) is 1. The summed E-state index contributed by atoms with van der Waals surface area (Å²) in [4.78, 5) is 22.4. The lowest BCUT2D eigenvalue weighted by Gasteiger charge is -2.20. The Morgan fingerprint density at radius 2 is 1.50 bits per heavy atom. The van der Waals surface area contributed by atoms with Crippen molar-refractivity contribution in [2.24, 2.45) is 0 Å². The zero-order valence-corrected chi connectivity index (χ0v) is 12.5. The highest BCUT2D eigenvalue weighted by molar-refractivity contribution is 6.65. The molecule has 0 fully saturated rings. The third kappa shape index (κ3) is 8.51. The molecule has 0 heterocycles. The van der Waals surface area contributed by atoms with E-state index in [-0.39, 0.29) is 5.97 Å². The Labute approximate surface area is 115 Å². The molecule has 0 aromatic carbocycles. The van der Waals surface area contributed by atoms with E-state index in [1.165, 1.54) is 39.5 Å². The Morgan fingerprint density at radius 1 is 1.00 bits per heavy atom. The molecule has 0 saturated carbocycles. The number of esters is 1. The molecule has 0 rings (SSSR count). The van der Waals surface area contributed by atoms with Gasteiger partial charge in [0.2, 0.25) is 0 Å². The molecule has 0 N–H and O–H groups in total. The summed E-state index contributed by atoms with van der Waals surface area (Å²) in [6.07, 6.45) is 8.41. The number of carbonyl (C=O) groups is 2. The summed E-state index contributed by atoms with van der Waals surface area (Å²) in [6, 6.07) is 0. The molecule has 4 heteroatoms. The number of carbonyl (C=O) groups excluding carboxylic acids is 2. The first kappa shape index (κ1) is 17.4. The lowest BCUT2D eigenvalue weighted by molar-refractivity contribution is -0.161. The SMILES string of the molecule is CCCCCCCCCC(=O)OC(C)(C)C(=O)Cl. The van der Waals surface area contributed by atoms with Gasteiger partial charge in [0, 0.05) is 6.42 Å². The van der Waals surface area contributed by atoms with Gasteiger partial charge in [-0.25, -0.2) is 0 Å². The van der Waals surface area contributed by atoms with E-state index in [4.69, 9.17) is 16.3 Å². The molecule has 0 radical (unpaired) electrons. The summed E-state index contributed by atoms with van der Waals surface area (Å²) in [7, 11) is 0. The van der Waals surface area contributed by atoms with Crippen LogP contribution in [0.15, 0.2) is 0 Å². The van der Waals surface area contributed by atoms with Crippen molar-refractivity contribution in [3.63, 3.8) is 0 Å².